The van der Waals surface area contributed by atoms with E-state index in [0.29, 0.717) is 24.4 Å². The van der Waals surface area contributed by atoms with E-state index in [4.69, 9.17) is 0 Å². The fourth-order valence-electron chi connectivity index (χ4n) is 2.64. The summed E-state index contributed by atoms with van der Waals surface area (Å²) in [6, 6.07) is 1.74. The number of nitrogens with one attached hydrogen (secondary N) is 1. The Morgan fingerprint density at radius 1 is 1.23 bits per heavy atom. The maximum atomic E-state index is 12.7. The standard InChI is InChI=1S/C13H16F3N5O/c1-7-6-10(18-8-2-4-9(22)5-3-8)21-12(17-7)19-11(20-21)13(14,15)16/h6,8-9,18,22H,2-5H2,1H3. The molecule has 0 unspecified atom stereocenters. The number of halogens is 3. The van der Waals surface area contributed by atoms with Gasteiger partial charge in [0.25, 0.3) is 11.6 Å². The molecule has 120 valence electrons. The van der Waals surface area contributed by atoms with Gasteiger partial charge in [0.2, 0.25) is 0 Å². The van der Waals surface area contributed by atoms with Crippen molar-refractivity contribution in [3.05, 3.63) is 17.6 Å². The van der Waals surface area contributed by atoms with Gasteiger partial charge in [0.05, 0.1) is 6.10 Å². The fraction of sp³-hybridized carbons (Fsp3) is 0.615. The summed E-state index contributed by atoms with van der Waals surface area (Å²) in [6.07, 6.45) is -2.03. The molecule has 1 aliphatic rings. The predicted molar refractivity (Wildman–Crippen MR) is 72.4 cm³/mol. The van der Waals surface area contributed by atoms with E-state index in [0.717, 1.165) is 17.4 Å². The monoisotopic (exact) mass is 315 g/mol. The number of hydrogen-bond acceptors (Lipinski definition) is 5. The van der Waals surface area contributed by atoms with Crippen LogP contribution in [-0.2, 0) is 6.18 Å². The first-order valence-electron chi connectivity index (χ1n) is 7.09. The van der Waals surface area contributed by atoms with Crippen molar-refractivity contribution in [2.75, 3.05) is 5.32 Å². The van der Waals surface area contributed by atoms with Crippen LogP contribution < -0.4 is 5.32 Å². The second-order valence-corrected chi connectivity index (χ2v) is 5.58. The van der Waals surface area contributed by atoms with E-state index in [9.17, 15) is 18.3 Å². The average molecular weight is 315 g/mol. The first kappa shape index (κ1) is 15.0. The number of aliphatic hydroxyl groups excluding tert-OH is 1. The number of fused-ring (bicyclic) bond motifs is 1. The summed E-state index contributed by atoms with van der Waals surface area (Å²) >= 11 is 0. The minimum Gasteiger partial charge on any atom is -0.393 e. The van der Waals surface area contributed by atoms with E-state index in [2.05, 4.69) is 20.4 Å². The molecule has 6 nitrogen and oxygen atoms in total. The number of anilines is 1. The normalized spacial score (nSPS) is 23.0. The van der Waals surface area contributed by atoms with Crippen LogP contribution in [-0.4, -0.2) is 36.8 Å². The van der Waals surface area contributed by atoms with Gasteiger partial charge in [-0.2, -0.15) is 22.7 Å². The van der Waals surface area contributed by atoms with Crippen molar-refractivity contribution in [3.63, 3.8) is 0 Å². The van der Waals surface area contributed by atoms with Crippen LogP contribution in [0.4, 0.5) is 19.0 Å². The summed E-state index contributed by atoms with van der Waals surface area (Å²) in [4.78, 5) is 7.43. The van der Waals surface area contributed by atoms with Gasteiger partial charge in [-0.1, -0.05) is 0 Å². The lowest BCUT2D eigenvalue weighted by Gasteiger charge is -2.27. The molecule has 2 aromatic heterocycles. The minimum atomic E-state index is -4.60. The molecule has 2 aromatic rings. The van der Waals surface area contributed by atoms with Crippen LogP contribution in [0.1, 0.15) is 37.2 Å². The van der Waals surface area contributed by atoms with E-state index in [1.54, 1.807) is 13.0 Å². The number of hydrogen-bond donors (Lipinski definition) is 2. The van der Waals surface area contributed by atoms with Gasteiger partial charge in [-0.05, 0) is 32.6 Å². The topological polar surface area (TPSA) is 75.3 Å². The summed E-state index contributed by atoms with van der Waals surface area (Å²) < 4.78 is 39.3. The van der Waals surface area contributed by atoms with Gasteiger partial charge in [-0.25, -0.2) is 4.98 Å². The van der Waals surface area contributed by atoms with E-state index >= 15 is 0 Å². The Hall–Kier alpha value is -1.90. The molecule has 22 heavy (non-hydrogen) atoms. The van der Waals surface area contributed by atoms with Crippen molar-refractivity contribution >= 4 is 11.6 Å². The molecule has 9 heteroatoms. The van der Waals surface area contributed by atoms with Gasteiger partial charge in [0.1, 0.15) is 5.82 Å². The maximum absolute atomic E-state index is 12.7. The van der Waals surface area contributed by atoms with Crippen molar-refractivity contribution in [1.82, 2.24) is 19.6 Å². The number of aryl methyl sites for hydroxylation is 1. The van der Waals surface area contributed by atoms with Gasteiger partial charge in [-0.3, -0.25) is 0 Å². The van der Waals surface area contributed by atoms with Gasteiger partial charge < -0.3 is 10.4 Å². The number of rotatable bonds is 2. The molecule has 0 amide bonds. The highest BCUT2D eigenvalue weighted by molar-refractivity contribution is 5.46. The van der Waals surface area contributed by atoms with E-state index in [1.165, 1.54) is 0 Å². The summed E-state index contributed by atoms with van der Waals surface area (Å²) in [5, 5.41) is 16.2. The SMILES string of the molecule is Cc1cc(NC2CCC(O)CC2)n2nc(C(F)(F)F)nc2n1. The third-order valence-electron chi connectivity index (χ3n) is 3.74. The Balaban J connectivity index is 1.92. The zero-order chi connectivity index (χ0) is 15.9. The Morgan fingerprint density at radius 2 is 1.91 bits per heavy atom. The quantitative estimate of drug-likeness (QED) is 0.888. The van der Waals surface area contributed by atoms with Gasteiger partial charge >= 0.3 is 6.18 Å². The summed E-state index contributed by atoms with van der Waals surface area (Å²) in [7, 11) is 0. The molecule has 1 aliphatic carbocycles. The molecule has 0 radical (unpaired) electrons. The van der Waals surface area contributed by atoms with Crippen molar-refractivity contribution in [2.24, 2.45) is 0 Å². The number of aliphatic hydroxyl groups is 1. The van der Waals surface area contributed by atoms with E-state index < -0.39 is 12.0 Å². The molecule has 0 atom stereocenters. The molecule has 2 N–H and O–H groups in total. The summed E-state index contributed by atoms with van der Waals surface area (Å²) in [6.45, 7) is 1.69. The molecule has 2 heterocycles. The Bertz CT molecular complexity index is 676. The lowest BCUT2D eigenvalue weighted by Crippen LogP contribution is -2.29. The predicted octanol–water partition coefficient (Wildman–Crippen LogP) is 2.17. The molecular formula is C13H16F3N5O. The molecule has 1 saturated carbocycles. The van der Waals surface area contributed by atoms with Crippen molar-refractivity contribution in [3.8, 4) is 0 Å². The molecule has 0 aliphatic heterocycles. The van der Waals surface area contributed by atoms with Crippen LogP contribution >= 0.6 is 0 Å². The first-order valence-corrected chi connectivity index (χ1v) is 7.09. The fourth-order valence-corrected chi connectivity index (χ4v) is 2.64. The van der Waals surface area contributed by atoms with E-state index in [1.807, 2.05) is 0 Å². The second kappa shape index (κ2) is 5.38. The number of alkyl halides is 3. The highest BCUT2D eigenvalue weighted by Gasteiger charge is 2.37. The van der Waals surface area contributed by atoms with Crippen molar-refractivity contribution in [2.45, 2.75) is 50.9 Å². The minimum absolute atomic E-state index is 0.0781. The Labute approximate surface area is 124 Å². The lowest BCUT2D eigenvalue weighted by atomic mass is 9.93. The van der Waals surface area contributed by atoms with Crippen LogP contribution in [0.15, 0.2) is 6.07 Å². The van der Waals surface area contributed by atoms with Gasteiger partial charge in [0, 0.05) is 17.8 Å². The molecular weight excluding hydrogens is 299 g/mol. The summed E-state index contributed by atoms with van der Waals surface area (Å²) in [5.41, 5.74) is 0.562. The molecule has 0 saturated heterocycles. The smallest absolute Gasteiger partial charge is 0.393 e. The molecule has 1 fully saturated rings. The molecule has 0 spiro atoms. The maximum Gasteiger partial charge on any atom is 0.453 e. The van der Waals surface area contributed by atoms with Crippen LogP contribution in [0, 0.1) is 6.92 Å². The highest BCUT2D eigenvalue weighted by Crippen LogP contribution is 2.28. The third-order valence-corrected chi connectivity index (χ3v) is 3.74. The average Bonchev–Trinajstić information content (AvgIpc) is 2.85. The number of nitrogens with zero attached hydrogens (tertiary/aromatic N) is 4. The molecule has 3 rings (SSSR count). The number of aromatic nitrogens is 4. The molecule has 0 bridgehead atoms. The first-order chi connectivity index (χ1) is 10.3. The van der Waals surface area contributed by atoms with Crippen molar-refractivity contribution < 1.29 is 18.3 Å². The van der Waals surface area contributed by atoms with Gasteiger partial charge in [-0.15, -0.1) is 5.10 Å². The van der Waals surface area contributed by atoms with E-state index in [-0.39, 0.29) is 17.9 Å². The highest BCUT2D eigenvalue weighted by atomic mass is 19.4. The second-order valence-electron chi connectivity index (χ2n) is 5.58. The zero-order valence-corrected chi connectivity index (χ0v) is 11.9. The Kier molecular flexibility index (Phi) is 3.67. The molecule has 0 aromatic carbocycles. The third kappa shape index (κ3) is 2.99. The lowest BCUT2D eigenvalue weighted by molar-refractivity contribution is -0.144. The van der Waals surface area contributed by atoms with Crippen LogP contribution in [0.25, 0.3) is 5.78 Å². The van der Waals surface area contributed by atoms with Crippen LogP contribution in [0.5, 0.6) is 0 Å². The van der Waals surface area contributed by atoms with Crippen molar-refractivity contribution in [1.29, 1.82) is 0 Å². The van der Waals surface area contributed by atoms with Crippen LogP contribution in [0.2, 0.25) is 0 Å². The Morgan fingerprint density at radius 3 is 2.55 bits per heavy atom. The zero-order valence-electron chi connectivity index (χ0n) is 11.9. The largest absolute Gasteiger partial charge is 0.453 e. The summed E-state index contributed by atoms with van der Waals surface area (Å²) in [5.74, 6) is -0.842. The van der Waals surface area contributed by atoms with Gasteiger partial charge in [0.15, 0.2) is 0 Å². The van der Waals surface area contributed by atoms with Crippen LogP contribution in [0.3, 0.4) is 0 Å².